The van der Waals surface area contributed by atoms with Crippen molar-refractivity contribution in [2.45, 2.75) is 32.7 Å². The molecule has 0 aliphatic rings. The summed E-state index contributed by atoms with van der Waals surface area (Å²) in [6.07, 6.45) is 1.98. The summed E-state index contributed by atoms with van der Waals surface area (Å²) in [5, 5.41) is 12.3. The lowest BCUT2D eigenvalue weighted by molar-refractivity contribution is 0.0697. The molecule has 0 amide bonds. The van der Waals surface area contributed by atoms with E-state index in [2.05, 4.69) is 17.2 Å². The van der Waals surface area contributed by atoms with Crippen LogP contribution in [-0.4, -0.2) is 22.1 Å². The predicted molar refractivity (Wildman–Crippen MR) is 64.2 cm³/mol. The van der Waals surface area contributed by atoms with E-state index in [1.54, 1.807) is 0 Å². The van der Waals surface area contributed by atoms with Crippen LogP contribution < -0.4 is 5.32 Å². The molecule has 1 rings (SSSR count). The molecule has 0 aliphatic carbocycles. The fraction of sp³-hybridized carbons (Fsp3) is 0.455. The molecule has 16 heavy (non-hydrogen) atoms. The molecule has 0 radical (unpaired) electrons. The summed E-state index contributed by atoms with van der Waals surface area (Å²) in [5.74, 6) is -0.670. The maximum atomic E-state index is 10.9. The zero-order valence-electron chi connectivity index (χ0n) is 9.33. The molecule has 88 valence electrons. The van der Waals surface area contributed by atoms with E-state index in [1.165, 1.54) is 12.1 Å². The molecule has 0 fully saturated rings. The summed E-state index contributed by atoms with van der Waals surface area (Å²) >= 11 is 5.74. The Morgan fingerprint density at radius 1 is 1.62 bits per heavy atom. The van der Waals surface area contributed by atoms with Crippen molar-refractivity contribution in [3.8, 4) is 0 Å². The van der Waals surface area contributed by atoms with Gasteiger partial charge in [0.1, 0.15) is 16.5 Å². The van der Waals surface area contributed by atoms with Gasteiger partial charge in [0.05, 0.1) is 0 Å². The van der Waals surface area contributed by atoms with Crippen LogP contribution in [0.3, 0.4) is 0 Å². The van der Waals surface area contributed by atoms with E-state index >= 15 is 0 Å². The van der Waals surface area contributed by atoms with E-state index < -0.39 is 5.97 Å². The quantitative estimate of drug-likeness (QED) is 0.779. The molecule has 5 heteroatoms. The highest BCUT2D eigenvalue weighted by Crippen LogP contribution is 2.18. The highest BCUT2D eigenvalue weighted by Gasteiger charge is 2.13. The number of anilines is 1. The lowest BCUT2D eigenvalue weighted by atomic mass is 10.2. The molecular weight excluding hydrogens is 228 g/mol. The third kappa shape index (κ3) is 3.38. The first-order valence-electron chi connectivity index (χ1n) is 5.21. The molecule has 1 aromatic heterocycles. The zero-order valence-corrected chi connectivity index (χ0v) is 10.1. The van der Waals surface area contributed by atoms with Crippen LogP contribution in [-0.2, 0) is 0 Å². The van der Waals surface area contributed by atoms with Crippen LogP contribution in [0.25, 0.3) is 0 Å². The molecule has 1 atom stereocenters. The Hall–Kier alpha value is -1.29. The number of carboxylic acids is 1. The molecule has 1 heterocycles. The summed E-state index contributed by atoms with van der Waals surface area (Å²) < 4.78 is 0. The maximum absolute atomic E-state index is 10.9. The standard InChI is InChI=1S/C11H15ClN2O2/c1-3-4-7(2)13-10-8(11(15)16)5-6-9(12)14-10/h5-7H,3-4H2,1-2H3,(H,13,14)(H,15,16). The molecule has 2 N–H and O–H groups in total. The monoisotopic (exact) mass is 242 g/mol. The van der Waals surface area contributed by atoms with Crippen LogP contribution in [0.4, 0.5) is 5.82 Å². The Morgan fingerprint density at radius 3 is 2.88 bits per heavy atom. The number of hydrogen-bond donors (Lipinski definition) is 2. The van der Waals surface area contributed by atoms with Crippen molar-refractivity contribution in [1.82, 2.24) is 4.98 Å². The van der Waals surface area contributed by atoms with E-state index in [9.17, 15) is 4.79 Å². The molecule has 0 aromatic carbocycles. The van der Waals surface area contributed by atoms with Crippen LogP contribution in [0.5, 0.6) is 0 Å². The number of nitrogens with zero attached hydrogens (tertiary/aromatic N) is 1. The van der Waals surface area contributed by atoms with Gasteiger partial charge in [-0.15, -0.1) is 0 Å². The number of carbonyl (C=O) groups is 1. The lowest BCUT2D eigenvalue weighted by Gasteiger charge is -2.15. The third-order valence-corrected chi connectivity index (χ3v) is 2.41. The molecular formula is C11H15ClN2O2. The minimum Gasteiger partial charge on any atom is -0.478 e. The lowest BCUT2D eigenvalue weighted by Crippen LogP contribution is -2.18. The van der Waals surface area contributed by atoms with E-state index in [1.807, 2.05) is 6.92 Å². The number of rotatable bonds is 5. The van der Waals surface area contributed by atoms with Gasteiger partial charge in [-0.2, -0.15) is 0 Å². The van der Waals surface area contributed by atoms with Gasteiger partial charge in [0.25, 0.3) is 0 Å². The van der Waals surface area contributed by atoms with Crippen molar-refractivity contribution >= 4 is 23.4 Å². The van der Waals surface area contributed by atoms with Gasteiger partial charge in [0.15, 0.2) is 0 Å². The van der Waals surface area contributed by atoms with Crippen LogP contribution >= 0.6 is 11.6 Å². The van der Waals surface area contributed by atoms with Crippen molar-refractivity contribution in [3.63, 3.8) is 0 Å². The van der Waals surface area contributed by atoms with E-state index in [4.69, 9.17) is 16.7 Å². The van der Waals surface area contributed by atoms with Crippen LogP contribution in [0.2, 0.25) is 5.15 Å². The van der Waals surface area contributed by atoms with Crippen molar-refractivity contribution in [3.05, 3.63) is 22.8 Å². The Bertz CT molecular complexity index is 382. The van der Waals surface area contributed by atoms with Crippen LogP contribution in [0.1, 0.15) is 37.0 Å². The molecule has 1 aromatic rings. The number of pyridine rings is 1. The normalized spacial score (nSPS) is 12.2. The van der Waals surface area contributed by atoms with Crippen molar-refractivity contribution in [2.24, 2.45) is 0 Å². The number of halogens is 1. The van der Waals surface area contributed by atoms with Gasteiger partial charge in [0.2, 0.25) is 0 Å². The Kier molecular flexibility index (Phi) is 4.55. The smallest absolute Gasteiger partial charge is 0.339 e. The number of carboxylic acid groups (broad SMARTS) is 1. The molecule has 0 saturated heterocycles. The highest BCUT2D eigenvalue weighted by molar-refractivity contribution is 6.29. The summed E-state index contributed by atoms with van der Waals surface area (Å²) in [6.45, 7) is 4.05. The van der Waals surface area contributed by atoms with Crippen molar-refractivity contribution in [2.75, 3.05) is 5.32 Å². The van der Waals surface area contributed by atoms with Gasteiger partial charge in [-0.25, -0.2) is 9.78 Å². The largest absolute Gasteiger partial charge is 0.478 e. The van der Waals surface area contributed by atoms with Gasteiger partial charge in [0, 0.05) is 6.04 Å². The first kappa shape index (κ1) is 12.8. The van der Waals surface area contributed by atoms with Gasteiger partial charge < -0.3 is 10.4 Å². The summed E-state index contributed by atoms with van der Waals surface area (Å²) in [4.78, 5) is 14.9. The topological polar surface area (TPSA) is 62.2 Å². The van der Waals surface area contributed by atoms with Crippen molar-refractivity contribution in [1.29, 1.82) is 0 Å². The van der Waals surface area contributed by atoms with Crippen molar-refractivity contribution < 1.29 is 9.90 Å². The van der Waals surface area contributed by atoms with E-state index in [0.717, 1.165) is 12.8 Å². The first-order chi connectivity index (χ1) is 7.54. The second-order valence-electron chi connectivity index (χ2n) is 3.67. The van der Waals surface area contributed by atoms with Gasteiger partial charge in [-0.05, 0) is 25.5 Å². The summed E-state index contributed by atoms with van der Waals surface area (Å²) in [5.41, 5.74) is 0.146. The van der Waals surface area contributed by atoms with Gasteiger partial charge in [-0.3, -0.25) is 0 Å². The number of hydrogen-bond acceptors (Lipinski definition) is 3. The van der Waals surface area contributed by atoms with Crippen LogP contribution in [0.15, 0.2) is 12.1 Å². The zero-order chi connectivity index (χ0) is 12.1. The Balaban J connectivity index is 2.92. The fourth-order valence-corrected chi connectivity index (χ4v) is 1.60. The molecule has 0 saturated carbocycles. The predicted octanol–water partition coefficient (Wildman–Crippen LogP) is 3.03. The van der Waals surface area contributed by atoms with E-state index in [0.29, 0.717) is 5.82 Å². The minimum atomic E-state index is -1.00. The number of aromatic carboxylic acids is 1. The second kappa shape index (κ2) is 5.70. The molecule has 4 nitrogen and oxygen atoms in total. The third-order valence-electron chi connectivity index (χ3n) is 2.20. The summed E-state index contributed by atoms with van der Waals surface area (Å²) in [6, 6.07) is 3.10. The SMILES string of the molecule is CCCC(C)Nc1nc(Cl)ccc1C(=O)O. The number of nitrogens with one attached hydrogen (secondary N) is 1. The van der Waals surface area contributed by atoms with Gasteiger partial charge in [-0.1, -0.05) is 24.9 Å². The second-order valence-corrected chi connectivity index (χ2v) is 4.06. The fourth-order valence-electron chi connectivity index (χ4n) is 1.46. The molecule has 0 aliphatic heterocycles. The average molecular weight is 243 g/mol. The minimum absolute atomic E-state index is 0.146. The highest BCUT2D eigenvalue weighted by atomic mass is 35.5. The summed E-state index contributed by atoms with van der Waals surface area (Å²) in [7, 11) is 0. The van der Waals surface area contributed by atoms with Gasteiger partial charge >= 0.3 is 5.97 Å². The number of aromatic nitrogens is 1. The molecule has 0 spiro atoms. The Morgan fingerprint density at radius 2 is 2.31 bits per heavy atom. The molecule has 1 unspecified atom stereocenters. The Labute approximate surface area is 99.6 Å². The van der Waals surface area contributed by atoms with E-state index in [-0.39, 0.29) is 16.8 Å². The van der Waals surface area contributed by atoms with Crippen LogP contribution in [0, 0.1) is 0 Å². The molecule has 0 bridgehead atoms. The maximum Gasteiger partial charge on any atom is 0.339 e. The average Bonchev–Trinajstić information content (AvgIpc) is 2.17. The first-order valence-corrected chi connectivity index (χ1v) is 5.58.